The van der Waals surface area contributed by atoms with E-state index in [-0.39, 0.29) is 0 Å². The van der Waals surface area contributed by atoms with Gasteiger partial charge in [0.05, 0.1) is 5.60 Å². The summed E-state index contributed by atoms with van der Waals surface area (Å²) in [6, 6.07) is 0. The summed E-state index contributed by atoms with van der Waals surface area (Å²) in [6.07, 6.45) is 7.05. The molecule has 1 aliphatic heterocycles. The van der Waals surface area contributed by atoms with Gasteiger partial charge >= 0.3 is 0 Å². The van der Waals surface area contributed by atoms with Crippen LogP contribution in [-0.2, 0) is 0 Å². The normalized spacial score (nSPS) is 21.2. The zero-order valence-electron chi connectivity index (χ0n) is 8.58. The van der Waals surface area contributed by atoms with E-state index < -0.39 is 5.60 Å². The van der Waals surface area contributed by atoms with E-state index >= 15 is 0 Å². The van der Waals surface area contributed by atoms with Gasteiger partial charge < -0.3 is 5.11 Å². The molecule has 1 rings (SSSR count). The van der Waals surface area contributed by atoms with Gasteiger partial charge in [0.2, 0.25) is 0 Å². The molecule has 1 aliphatic rings. The first-order valence-electron chi connectivity index (χ1n) is 4.97. The van der Waals surface area contributed by atoms with Gasteiger partial charge in [-0.15, -0.1) is 12.3 Å². The third-order valence-corrected chi connectivity index (χ3v) is 2.86. The Morgan fingerprint density at radius 1 is 1.54 bits per heavy atom. The maximum atomic E-state index is 9.93. The molecule has 0 radical (unpaired) electrons. The Bertz CT molecular complexity index is 199. The largest absolute Gasteiger partial charge is 0.387 e. The Morgan fingerprint density at radius 2 is 2.15 bits per heavy atom. The van der Waals surface area contributed by atoms with Gasteiger partial charge in [0.1, 0.15) is 0 Å². The number of nitrogens with zero attached hydrogens (tertiary/aromatic N) is 1. The van der Waals surface area contributed by atoms with E-state index in [1.165, 1.54) is 0 Å². The minimum atomic E-state index is -0.434. The Hall–Kier alpha value is -0.520. The van der Waals surface area contributed by atoms with Crippen LogP contribution in [0.25, 0.3) is 0 Å². The minimum Gasteiger partial charge on any atom is -0.387 e. The van der Waals surface area contributed by atoms with Crippen LogP contribution in [0.3, 0.4) is 0 Å². The summed E-state index contributed by atoms with van der Waals surface area (Å²) in [6.45, 7) is 6.79. The van der Waals surface area contributed by atoms with Crippen LogP contribution in [0.4, 0.5) is 0 Å². The van der Waals surface area contributed by atoms with Gasteiger partial charge in [0.15, 0.2) is 0 Å². The molecule has 1 saturated heterocycles. The number of likely N-dealkylation sites (tertiary alicyclic amines) is 1. The smallest absolute Gasteiger partial charge is 0.0922 e. The Balaban J connectivity index is 2.15. The molecule has 2 heteroatoms. The van der Waals surface area contributed by atoms with Crippen LogP contribution in [0.15, 0.2) is 0 Å². The molecule has 0 aliphatic carbocycles. The van der Waals surface area contributed by atoms with Gasteiger partial charge in [-0.2, -0.15) is 0 Å². The number of hydrogen-bond donors (Lipinski definition) is 1. The highest BCUT2D eigenvalue weighted by atomic mass is 16.3. The zero-order valence-corrected chi connectivity index (χ0v) is 8.58. The molecule has 0 atom stereocenters. The van der Waals surface area contributed by atoms with Crippen molar-refractivity contribution in [1.82, 2.24) is 4.90 Å². The van der Waals surface area contributed by atoms with Crippen LogP contribution in [0.5, 0.6) is 0 Å². The molecule has 1 N–H and O–H groups in total. The topological polar surface area (TPSA) is 23.5 Å². The molecule has 1 fully saturated rings. The van der Waals surface area contributed by atoms with E-state index in [4.69, 9.17) is 6.42 Å². The molecule has 1 heterocycles. The number of unbranched alkanes of at least 4 members (excludes halogenated alkanes) is 1. The molecule has 74 valence electrons. The summed E-state index contributed by atoms with van der Waals surface area (Å²) in [5.41, 5.74) is -0.434. The number of β-amino-alcohol motifs (C(OH)–C–C–N with tert-alkyl or cyclic N) is 1. The fraction of sp³-hybridized carbons (Fsp3) is 0.818. The number of terminal acetylenes is 1. The molecule has 0 unspecified atom stereocenters. The highest BCUT2D eigenvalue weighted by Crippen LogP contribution is 2.28. The third-order valence-electron chi connectivity index (χ3n) is 2.86. The molecule has 0 saturated carbocycles. The molecule has 13 heavy (non-hydrogen) atoms. The Labute approximate surface area is 80.9 Å². The van der Waals surface area contributed by atoms with Crippen molar-refractivity contribution in [3.8, 4) is 12.3 Å². The van der Waals surface area contributed by atoms with E-state index in [1.54, 1.807) is 0 Å². The van der Waals surface area contributed by atoms with Gasteiger partial charge in [-0.1, -0.05) is 13.8 Å². The predicted octanol–water partition coefficient (Wildman–Crippen LogP) is 1.10. The Morgan fingerprint density at radius 3 is 2.62 bits per heavy atom. The SMILES string of the molecule is C#CCCCN1CC(O)(C(C)C)C1. The highest BCUT2D eigenvalue weighted by molar-refractivity contribution is 4.97. The summed E-state index contributed by atoms with van der Waals surface area (Å²) in [5.74, 6) is 2.98. The van der Waals surface area contributed by atoms with Crippen molar-refractivity contribution in [2.75, 3.05) is 19.6 Å². The second-order valence-electron chi connectivity index (χ2n) is 4.28. The number of rotatable bonds is 4. The van der Waals surface area contributed by atoms with Crippen molar-refractivity contribution in [3.63, 3.8) is 0 Å². The van der Waals surface area contributed by atoms with Crippen molar-refractivity contribution >= 4 is 0 Å². The van der Waals surface area contributed by atoms with Crippen molar-refractivity contribution in [3.05, 3.63) is 0 Å². The molecule has 0 bridgehead atoms. The molecule has 0 aromatic heterocycles. The fourth-order valence-electron chi connectivity index (χ4n) is 1.66. The lowest BCUT2D eigenvalue weighted by Gasteiger charge is -2.49. The maximum Gasteiger partial charge on any atom is 0.0922 e. The van der Waals surface area contributed by atoms with E-state index in [9.17, 15) is 5.11 Å². The maximum absolute atomic E-state index is 9.93. The summed E-state index contributed by atoms with van der Waals surface area (Å²) in [5, 5.41) is 9.93. The van der Waals surface area contributed by atoms with E-state index in [2.05, 4.69) is 24.7 Å². The standard InChI is InChI=1S/C11H19NO/c1-4-5-6-7-12-8-11(13,9-12)10(2)3/h1,10,13H,5-9H2,2-3H3. The van der Waals surface area contributed by atoms with Crippen LogP contribution in [0.2, 0.25) is 0 Å². The third kappa shape index (κ3) is 2.46. The molecule has 2 nitrogen and oxygen atoms in total. The van der Waals surface area contributed by atoms with Crippen LogP contribution in [0, 0.1) is 18.3 Å². The van der Waals surface area contributed by atoms with Gasteiger partial charge in [-0.3, -0.25) is 4.90 Å². The first kappa shape index (κ1) is 10.6. The van der Waals surface area contributed by atoms with Crippen molar-refractivity contribution in [2.45, 2.75) is 32.3 Å². The van der Waals surface area contributed by atoms with Crippen molar-refractivity contribution < 1.29 is 5.11 Å². The van der Waals surface area contributed by atoms with E-state index in [0.29, 0.717) is 5.92 Å². The minimum absolute atomic E-state index is 0.358. The van der Waals surface area contributed by atoms with Crippen LogP contribution >= 0.6 is 0 Å². The lowest BCUT2D eigenvalue weighted by Crippen LogP contribution is -2.64. The molecular formula is C11H19NO. The van der Waals surface area contributed by atoms with Crippen molar-refractivity contribution in [1.29, 1.82) is 0 Å². The average Bonchev–Trinajstić information content (AvgIpc) is 2.01. The Kier molecular flexibility index (Phi) is 3.35. The van der Waals surface area contributed by atoms with Crippen molar-refractivity contribution in [2.24, 2.45) is 5.92 Å². The quantitative estimate of drug-likeness (QED) is 0.518. The van der Waals surface area contributed by atoms with Gasteiger partial charge in [0, 0.05) is 19.5 Å². The first-order chi connectivity index (χ1) is 6.08. The summed E-state index contributed by atoms with van der Waals surface area (Å²) >= 11 is 0. The lowest BCUT2D eigenvalue weighted by atomic mass is 9.83. The molecule has 0 aromatic rings. The molecule has 0 spiro atoms. The zero-order chi connectivity index (χ0) is 9.90. The van der Waals surface area contributed by atoms with E-state index in [0.717, 1.165) is 32.5 Å². The number of hydrogen-bond acceptors (Lipinski definition) is 2. The van der Waals surface area contributed by atoms with Gasteiger partial charge in [-0.25, -0.2) is 0 Å². The van der Waals surface area contributed by atoms with Gasteiger partial charge in [0.25, 0.3) is 0 Å². The predicted molar refractivity (Wildman–Crippen MR) is 54.3 cm³/mol. The van der Waals surface area contributed by atoms with Crippen LogP contribution in [0.1, 0.15) is 26.7 Å². The molecule has 0 aromatic carbocycles. The molecular weight excluding hydrogens is 162 g/mol. The summed E-state index contributed by atoms with van der Waals surface area (Å²) < 4.78 is 0. The van der Waals surface area contributed by atoms with E-state index in [1.807, 2.05) is 0 Å². The molecule has 0 amide bonds. The number of aliphatic hydroxyl groups is 1. The second kappa shape index (κ2) is 4.13. The average molecular weight is 181 g/mol. The lowest BCUT2D eigenvalue weighted by molar-refractivity contribution is -0.127. The first-order valence-corrected chi connectivity index (χ1v) is 4.97. The summed E-state index contributed by atoms with van der Waals surface area (Å²) in [7, 11) is 0. The summed E-state index contributed by atoms with van der Waals surface area (Å²) in [4.78, 5) is 2.26. The monoisotopic (exact) mass is 181 g/mol. The second-order valence-corrected chi connectivity index (χ2v) is 4.28. The van der Waals surface area contributed by atoms with Crippen LogP contribution < -0.4 is 0 Å². The van der Waals surface area contributed by atoms with Gasteiger partial charge in [-0.05, 0) is 18.9 Å². The van der Waals surface area contributed by atoms with Crippen LogP contribution in [-0.4, -0.2) is 35.2 Å². The fourth-order valence-corrected chi connectivity index (χ4v) is 1.66. The highest BCUT2D eigenvalue weighted by Gasteiger charge is 2.42.